The van der Waals surface area contributed by atoms with Gasteiger partial charge in [0, 0.05) is 27.7 Å². The van der Waals surface area contributed by atoms with Crippen LogP contribution in [0.25, 0.3) is 32.1 Å². The molecule has 0 spiro atoms. The third-order valence-electron chi connectivity index (χ3n) is 5.05. The number of hydrogen-bond acceptors (Lipinski definition) is 5. The van der Waals surface area contributed by atoms with Crippen LogP contribution in [0.4, 0.5) is 0 Å². The molecule has 5 nitrogen and oxygen atoms in total. The van der Waals surface area contributed by atoms with Crippen LogP contribution < -0.4 is 10.3 Å². The smallest absolute Gasteiger partial charge is 0.266 e. The topological polar surface area (TPSA) is 76.2 Å². The Morgan fingerprint density at radius 1 is 1.13 bits per heavy atom. The molecule has 4 aromatic rings. The molecule has 0 aliphatic rings. The number of thiophene rings is 1. The van der Waals surface area contributed by atoms with Gasteiger partial charge in [-0.2, -0.15) is 0 Å². The van der Waals surface area contributed by atoms with E-state index >= 15 is 0 Å². The lowest BCUT2D eigenvalue weighted by molar-refractivity contribution is 0.417. The van der Waals surface area contributed by atoms with Gasteiger partial charge in [-0.15, -0.1) is 22.9 Å². The van der Waals surface area contributed by atoms with E-state index in [0.29, 0.717) is 21.8 Å². The number of alkyl halides is 1. The highest BCUT2D eigenvalue weighted by Gasteiger charge is 2.20. The van der Waals surface area contributed by atoms with Gasteiger partial charge < -0.3 is 9.72 Å². The minimum Gasteiger partial charge on any atom is -0.496 e. The Bertz CT molecular complexity index is 1390. The van der Waals surface area contributed by atoms with Crippen LogP contribution in [0.2, 0.25) is 0 Å². The zero-order valence-corrected chi connectivity index (χ0v) is 18.8. The summed E-state index contributed by atoms with van der Waals surface area (Å²) >= 11 is 7.17. The van der Waals surface area contributed by atoms with Gasteiger partial charge in [-0.3, -0.25) is 4.79 Å². The molecule has 1 N–H and O–H groups in total. The van der Waals surface area contributed by atoms with Crippen molar-refractivity contribution in [2.24, 2.45) is 5.92 Å². The van der Waals surface area contributed by atoms with Crippen LogP contribution in [0.5, 0.6) is 5.75 Å². The number of aromatic amines is 1. The Labute approximate surface area is 183 Å². The third kappa shape index (κ3) is 3.62. The van der Waals surface area contributed by atoms with Gasteiger partial charge >= 0.3 is 0 Å². The number of hydrogen-bond donors (Lipinski definition) is 1. The van der Waals surface area contributed by atoms with E-state index in [-0.39, 0.29) is 22.1 Å². The van der Waals surface area contributed by atoms with Gasteiger partial charge in [0.25, 0.3) is 5.56 Å². The molecular weight excluding hydrogens is 442 g/mol. The Hall–Kier alpha value is -2.35. The van der Waals surface area contributed by atoms with Crippen molar-refractivity contribution >= 4 is 53.8 Å². The maximum atomic E-state index is 12.6. The summed E-state index contributed by atoms with van der Waals surface area (Å²) in [5.41, 5.74) is 2.20. The highest BCUT2D eigenvalue weighted by atomic mass is 35.5. The van der Waals surface area contributed by atoms with E-state index in [1.807, 2.05) is 24.4 Å². The van der Waals surface area contributed by atoms with E-state index in [0.717, 1.165) is 21.9 Å². The van der Waals surface area contributed by atoms with E-state index in [4.69, 9.17) is 16.3 Å². The number of sulfone groups is 1. The quantitative estimate of drug-likeness (QED) is 0.407. The number of fused-ring (bicyclic) bond motifs is 3. The van der Waals surface area contributed by atoms with Crippen molar-refractivity contribution in [3.8, 4) is 16.9 Å². The average Bonchev–Trinajstić information content (AvgIpc) is 3.23. The second kappa shape index (κ2) is 8.06. The number of methoxy groups -OCH3 is 1. The van der Waals surface area contributed by atoms with Gasteiger partial charge in [0.05, 0.1) is 17.8 Å². The fourth-order valence-corrected chi connectivity index (χ4v) is 6.27. The molecule has 0 fully saturated rings. The molecule has 156 valence electrons. The molecule has 2 aromatic carbocycles. The molecule has 0 saturated heterocycles. The number of nitrogens with one attached hydrogen (secondary N) is 1. The van der Waals surface area contributed by atoms with Gasteiger partial charge in [-0.05, 0) is 47.2 Å². The van der Waals surface area contributed by atoms with Crippen molar-refractivity contribution in [1.82, 2.24) is 4.98 Å². The number of rotatable bonds is 6. The zero-order valence-electron chi connectivity index (χ0n) is 16.4. The fourth-order valence-electron chi connectivity index (χ4n) is 3.63. The molecule has 4 rings (SSSR count). The van der Waals surface area contributed by atoms with Crippen molar-refractivity contribution in [3.63, 3.8) is 0 Å². The highest BCUT2D eigenvalue weighted by Crippen LogP contribution is 2.40. The molecule has 8 heteroatoms. The Balaban J connectivity index is 1.91. The summed E-state index contributed by atoms with van der Waals surface area (Å²) in [4.78, 5) is 15.6. The van der Waals surface area contributed by atoms with Crippen LogP contribution in [0, 0.1) is 5.92 Å². The SMILES string of the molecule is COc1ccc2[nH]c(=O)c3sccc3c2c1-c1ccc(S(=O)(=O)CC(C)CCl)cc1. The molecule has 1 unspecified atom stereocenters. The molecule has 0 radical (unpaired) electrons. The van der Waals surface area contributed by atoms with Crippen LogP contribution >= 0.6 is 22.9 Å². The van der Waals surface area contributed by atoms with Crippen LogP contribution in [0.3, 0.4) is 0 Å². The normalized spacial score (nSPS) is 13.0. The lowest BCUT2D eigenvalue weighted by atomic mass is 9.97. The van der Waals surface area contributed by atoms with E-state index in [1.165, 1.54) is 11.3 Å². The van der Waals surface area contributed by atoms with Gasteiger partial charge in [0.1, 0.15) is 10.4 Å². The minimum absolute atomic E-state index is 0.00416. The number of H-pyrrole nitrogens is 1. The number of benzene rings is 2. The van der Waals surface area contributed by atoms with Crippen molar-refractivity contribution < 1.29 is 13.2 Å². The first-order valence-corrected chi connectivity index (χ1v) is 12.4. The molecule has 0 aliphatic carbocycles. The fraction of sp³-hybridized carbons (Fsp3) is 0.227. The summed E-state index contributed by atoms with van der Waals surface area (Å²) < 4.78 is 31.5. The second-order valence-corrected chi connectivity index (χ2v) is 10.5. The number of ether oxygens (including phenoxy) is 1. The van der Waals surface area contributed by atoms with Crippen LogP contribution in [0.1, 0.15) is 6.92 Å². The standard InChI is InChI=1S/C22H20ClNO4S2/c1-13(11-23)12-30(26,27)15-5-3-14(4-6-15)19-18(28-2)8-7-17-20(19)16-9-10-29-21(16)22(25)24-17/h3-10,13H,11-12H2,1-2H3,(H,24,25). The summed E-state index contributed by atoms with van der Waals surface area (Å²) in [5, 5.41) is 3.60. The lowest BCUT2D eigenvalue weighted by Crippen LogP contribution is -2.15. The predicted molar refractivity (Wildman–Crippen MR) is 124 cm³/mol. The largest absolute Gasteiger partial charge is 0.496 e. The van der Waals surface area contributed by atoms with E-state index < -0.39 is 9.84 Å². The van der Waals surface area contributed by atoms with Crippen LogP contribution in [-0.4, -0.2) is 32.1 Å². The minimum atomic E-state index is -3.42. The van der Waals surface area contributed by atoms with Crippen LogP contribution in [0.15, 0.2) is 57.5 Å². The first-order valence-electron chi connectivity index (χ1n) is 9.35. The zero-order chi connectivity index (χ0) is 21.5. The lowest BCUT2D eigenvalue weighted by Gasteiger charge is -2.14. The Kier molecular flexibility index (Phi) is 5.61. The summed E-state index contributed by atoms with van der Waals surface area (Å²) in [6.45, 7) is 1.81. The first-order chi connectivity index (χ1) is 14.4. The molecule has 2 aromatic heterocycles. The van der Waals surface area contributed by atoms with Gasteiger partial charge in [0.15, 0.2) is 9.84 Å². The van der Waals surface area contributed by atoms with Crippen molar-refractivity contribution in [1.29, 1.82) is 0 Å². The third-order valence-corrected chi connectivity index (χ3v) is 8.48. The van der Waals surface area contributed by atoms with E-state index in [2.05, 4.69) is 4.98 Å². The second-order valence-electron chi connectivity index (χ2n) is 7.25. The molecule has 2 heterocycles. The predicted octanol–water partition coefficient (Wildman–Crippen LogP) is 5.07. The van der Waals surface area contributed by atoms with E-state index in [9.17, 15) is 13.2 Å². The summed E-state index contributed by atoms with van der Waals surface area (Å²) in [5.74, 6) is 0.815. The van der Waals surface area contributed by atoms with Gasteiger partial charge in [-0.25, -0.2) is 8.42 Å². The molecule has 0 bridgehead atoms. The maximum Gasteiger partial charge on any atom is 0.266 e. The molecule has 30 heavy (non-hydrogen) atoms. The van der Waals surface area contributed by atoms with Crippen molar-refractivity contribution in [2.45, 2.75) is 11.8 Å². The monoisotopic (exact) mass is 461 g/mol. The Morgan fingerprint density at radius 2 is 1.87 bits per heavy atom. The van der Waals surface area contributed by atoms with Crippen molar-refractivity contribution in [2.75, 3.05) is 18.7 Å². The molecule has 0 amide bonds. The first kappa shape index (κ1) is 20.9. The molecule has 0 saturated carbocycles. The molecule has 1 atom stereocenters. The van der Waals surface area contributed by atoms with Gasteiger partial charge in [-0.1, -0.05) is 19.1 Å². The maximum absolute atomic E-state index is 12.6. The van der Waals surface area contributed by atoms with E-state index in [1.54, 1.807) is 37.4 Å². The highest BCUT2D eigenvalue weighted by molar-refractivity contribution is 7.91. The number of pyridine rings is 1. The Morgan fingerprint density at radius 3 is 2.53 bits per heavy atom. The average molecular weight is 462 g/mol. The molecular formula is C22H20ClNO4S2. The summed E-state index contributed by atoms with van der Waals surface area (Å²) in [7, 11) is -1.83. The summed E-state index contributed by atoms with van der Waals surface area (Å²) in [6, 6.07) is 12.3. The molecule has 0 aliphatic heterocycles. The number of halogens is 1. The van der Waals surface area contributed by atoms with Crippen LogP contribution in [-0.2, 0) is 9.84 Å². The van der Waals surface area contributed by atoms with Gasteiger partial charge in [0.2, 0.25) is 0 Å². The number of aromatic nitrogens is 1. The summed E-state index contributed by atoms with van der Waals surface area (Å²) in [6.07, 6.45) is 0. The van der Waals surface area contributed by atoms with Crippen molar-refractivity contribution in [3.05, 3.63) is 58.2 Å².